The highest BCUT2D eigenvalue weighted by Crippen LogP contribution is 2.45. The van der Waals surface area contributed by atoms with Crippen LogP contribution in [0.2, 0.25) is 10.0 Å². The molecule has 6 nitrogen and oxygen atoms in total. The second kappa shape index (κ2) is 8.10. The Balaban J connectivity index is 3.67. The van der Waals surface area contributed by atoms with Gasteiger partial charge in [0.1, 0.15) is 21.2 Å². The van der Waals surface area contributed by atoms with E-state index in [2.05, 4.69) is 0 Å². The summed E-state index contributed by atoms with van der Waals surface area (Å²) in [7, 11) is 2.59. The molecule has 0 radical (unpaired) electrons. The minimum absolute atomic E-state index is 0.0750. The van der Waals surface area contributed by atoms with Gasteiger partial charge in [0.05, 0.1) is 27.4 Å². The third-order valence-corrected chi connectivity index (χ3v) is 3.38. The molecule has 0 atom stereocenters. The molecule has 0 aliphatic rings. The minimum Gasteiger partial charge on any atom is -0.494 e. The number of esters is 2. The van der Waals surface area contributed by atoms with Gasteiger partial charge in [0.25, 0.3) is 0 Å². The van der Waals surface area contributed by atoms with Gasteiger partial charge in [0.15, 0.2) is 11.5 Å². The Morgan fingerprint density at radius 2 is 1.14 bits per heavy atom. The van der Waals surface area contributed by atoms with Crippen molar-refractivity contribution in [1.29, 1.82) is 0 Å². The maximum Gasteiger partial charge on any atom is 0.343 e. The third kappa shape index (κ3) is 3.39. The van der Waals surface area contributed by atoms with E-state index in [0.29, 0.717) is 0 Å². The molecule has 1 aromatic rings. The van der Waals surface area contributed by atoms with Gasteiger partial charge in [-0.05, 0) is 13.8 Å². The fourth-order valence-corrected chi connectivity index (χ4v) is 2.47. The van der Waals surface area contributed by atoms with Gasteiger partial charge in [-0.1, -0.05) is 23.2 Å². The molecule has 0 spiro atoms. The lowest BCUT2D eigenvalue weighted by Gasteiger charge is -2.18. The fraction of sp³-hybridized carbons (Fsp3) is 0.429. The molecule has 0 fully saturated rings. The summed E-state index contributed by atoms with van der Waals surface area (Å²) < 4.78 is 20.1. The molecule has 122 valence electrons. The average molecular weight is 351 g/mol. The lowest BCUT2D eigenvalue weighted by molar-refractivity contribution is 0.0505. The van der Waals surface area contributed by atoms with Gasteiger partial charge in [-0.3, -0.25) is 0 Å². The number of benzene rings is 1. The number of hydrogen-bond acceptors (Lipinski definition) is 6. The Morgan fingerprint density at radius 1 is 0.818 bits per heavy atom. The predicted molar refractivity (Wildman–Crippen MR) is 81.5 cm³/mol. The average Bonchev–Trinajstić information content (AvgIpc) is 2.48. The van der Waals surface area contributed by atoms with E-state index in [1.165, 1.54) is 14.2 Å². The predicted octanol–water partition coefficient (Wildman–Crippen LogP) is 3.36. The smallest absolute Gasteiger partial charge is 0.343 e. The summed E-state index contributed by atoms with van der Waals surface area (Å²) in [4.78, 5) is 24.1. The Kier molecular flexibility index (Phi) is 6.77. The maximum atomic E-state index is 12.1. The van der Waals surface area contributed by atoms with Gasteiger partial charge in [0, 0.05) is 0 Å². The first-order valence-corrected chi connectivity index (χ1v) is 7.17. The number of methoxy groups -OCH3 is 2. The van der Waals surface area contributed by atoms with E-state index < -0.39 is 11.9 Å². The molecule has 1 aromatic carbocycles. The number of rotatable bonds is 6. The molecule has 0 aliphatic carbocycles. The molecule has 0 heterocycles. The van der Waals surface area contributed by atoms with Gasteiger partial charge < -0.3 is 18.9 Å². The second-order valence-corrected chi connectivity index (χ2v) is 4.64. The largest absolute Gasteiger partial charge is 0.494 e. The van der Waals surface area contributed by atoms with Crippen LogP contribution >= 0.6 is 23.2 Å². The van der Waals surface area contributed by atoms with Crippen molar-refractivity contribution >= 4 is 35.1 Å². The number of hydrogen-bond donors (Lipinski definition) is 0. The van der Waals surface area contributed by atoms with Crippen LogP contribution in [0.15, 0.2) is 0 Å². The second-order valence-electron chi connectivity index (χ2n) is 3.89. The van der Waals surface area contributed by atoms with Crippen molar-refractivity contribution in [3.63, 3.8) is 0 Å². The lowest BCUT2D eigenvalue weighted by atomic mass is 10.1. The van der Waals surface area contributed by atoms with Gasteiger partial charge in [-0.15, -0.1) is 0 Å². The van der Waals surface area contributed by atoms with Crippen LogP contribution in [0.1, 0.15) is 34.6 Å². The highest BCUT2D eigenvalue weighted by Gasteiger charge is 2.32. The van der Waals surface area contributed by atoms with Gasteiger partial charge in [0.2, 0.25) is 0 Å². The first-order valence-electron chi connectivity index (χ1n) is 6.41. The molecule has 0 saturated carbocycles. The molecule has 8 heteroatoms. The van der Waals surface area contributed by atoms with Gasteiger partial charge in [-0.25, -0.2) is 9.59 Å². The number of ether oxygens (including phenoxy) is 4. The lowest BCUT2D eigenvalue weighted by Crippen LogP contribution is -2.14. The van der Waals surface area contributed by atoms with Crippen molar-refractivity contribution in [2.75, 3.05) is 27.4 Å². The standard InChI is InChI=1S/C14H16Cl2O6/c1-5-21-13(17)7-9(15)12(20-4)8(14(18)22-6-2)10(16)11(7)19-3/h5-6H2,1-4H3. The molecule has 0 aromatic heterocycles. The molecule has 0 bridgehead atoms. The molecule has 0 saturated heterocycles. The van der Waals surface area contributed by atoms with Crippen molar-refractivity contribution in [3.05, 3.63) is 21.2 Å². The third-order valence-electron chi connectivity index (χ3n) is 2.66. The summed E-state index contributed by atoms with van der Waals surface area (Å²) in [5, 5.41) is -0.268. The van der Waals surface area contributed by atoms with E-state index in [1.54, 1.807) is 13.8 Å². The topological polar surface area (TPSA) is 71.1 Å². The summed E-state index contributed by atoms with van der Waals surface area (Å²) in [5.41, 5.74) is -0.221. The molecule has 0 N–H and O–H groups in total. The number of carbonyl (C=O) groups excluding carboxylic acids is 2. The SMILES string of the molecule is CCOC(=O)c1c(Cl)c(OC)c(C(=O)OCC)c(Cl)c1OC. The summed E-state index contributed by atoms with van der Waals surface area (Å²) in [6.07, 6.45) is 0. The molecule has 0 unspecified atom stereocenters. The van der Waals surface area contributed by atoms with Crippen LogP contribution in [-0.2, 0) is 9.47 Å². The van der Waals surface area contributed by atoms with Crippen molar-refractivity contribution in [2.24, 2.45) is 0 Å². The summed E-state index contributed by atoms with van der Waals surface area (Å²) in [5.74, 6) is -1.62. The Labute approximate surface area is 138 Å². The Hall–Kier alpha value is -1.66. The van der Waals surface area contributed by atoms with E-state index in [4.69, 9.17) is 42.1 Å². The van der Waals surface area contributed by atoms with Gasteiger partial charge >= 0.3 is 11.9 Å². The van der Waals surface area contributed by atoms with Crippen LogP contribution in [0.25, 0.3) is 0 Å². The van der Waals surface area contributed by atoms with E-state index >= 15 is 0 Å². The van der Waals surface area contributed by atoms with Crippen molar-refractivity contribution in [3.8, 4) is 11.5 Å². The highest BCUT2D eigenvalue weighted by molar-refractivity contribution is 6.40. The summed E-state index contributed by atoms with van der Waals surface area (Å²) in [6, 6.07) is 0. The van der Waals surface area contributed by atoms with E-state index in [0.717, 1.165) is 0 Å². The maximum absolute atomic E-state index is 12.1. The number of carbonyl (C=O) groups is 2. The molecule has 0 amide bonds. The highest BCUT2D eigenvalue weighted by atomic mass is 35.5. The summed E-state index contributed by atoms with van der Waals surface area (Å²) in [6.45, 7) is 3.56. The van der Waals surface area contributed by atoms with Crippen LogP contribution in [0.4, 0.5) is 0 Å². The zero-order valence-corrected chi connectivity index (χ0v) is 14.1. The monoisotopic (exact) mass is 350 g/mol. The molecular weight excluding hydrogens is 335 g/mol. The molecule has 1 rings (SSSR count). The van der Waals surface area contributed by atoms with E-state index in [9.17, 15) is 9.59 Å². The van der Waals surface area contributed by atoms with Crippen molar-refractivity contribution in [1.82, 2.24) is 0 Å². The van der Waals surface area contributed by atoms with Gasteiger partial charge in [-0.2, -0.15) is 0 Å². The van der Waals surface area contributed by atoms with Crippen LogP contribution < -0.4 is 9.47 Å². The quantitative estimate of drug-likeness (QED) is 0.732. The van der Waals surface area contributed by atoms with Crippen LogP contribution in [0.5, 0.6) is 11.5 Å². The summed E-state index contributed by atoms with van der Waals surface area (Å²) >= 11 is 12.3. The van der Waals surface area contributed by atoms with E-state index in [-0.39, 0.29) is 45.9 Å². The minimum atomic E-state index is -0.736. The fourth-order valence-electron chi connectivity index (χ4n) is 1.80. The van der Waals surface area contributed by atoms with Crippen molar-refractivity contribution in [2.45, 2.75) is 13.8 Å². The molecule has 22 heavy (non-hydrogen) atoms. The molecular formula is C14H16Cl2O6. The van der Waals surface area contributed by atoms with Crippen LogP contribution in [0, 0.1) is 0 Å². The Morgan fingerprint density at radius 3 is 1.36 bits per heavy atom. The van der Waals surface area contributed by atoms with Crippen LogP contribution in [0.3, 0.4) is 0 Å². The first kappa shape index (κ1) is 18.4. The zero-order chi connectivity index (χ0) is 16.9. The molecule has 0 aliphatic heterocycles. The zero-order valence-electron chi connectivity index (χ0n) is 12.6. The van der Waals surface area contributed by atoms with E-state index in [1.807, 2.05) is 0 Å². The Bertz CT molecular complexity index is 534. The van der Waals surface area contributed by atoms with Crippen molar-refractivity contribution < 1.29 is 28.5 Å². The normalized spacial score (nSPS) is 10.1. The first-order chi connectivity index (χ1) is 10.4. The number of halogens is 2. The van der Waals surface area contributed by atoms with Crippen LogP contribution in [-0.4, -0.2) is 39.4 Å².